The second-order valence-electron chi connectivity index (χ2n) is 6.11. The Morgan fingerprint density at radius 2 is 1.61 bits per heavy atom. The Hall–Kier alpha value is -3.02. The summed E-state index contributed by atoms with van der Waals surface area (Å²) in [5.74, 6) is 0.571. The summed E-state index contributed by atoms with van der Waals surface area (Å²) < 4.78 is 15.9. The standard InChI is InChI=1S/C22H27NO5/c1-3-27-22(25)14-16-23(15-13-18-9-5-4-6-10-18)21(24)17-28-20-12-8-7-11-19(20)26-2/h4-12H,3,13-17H2,1-2H3. The summed E-state index contributed by atoms with van der Waals surface area (Å²) in [4.78, 5) is 26.1. The molecule has 2 aromatic rings. The fourth-order valence-electron chi connectivity index (χ4n) is 2.70. The van der Waals surface area contributed by atoms with Crippen LogP contribution in [0.4, 0.5) is 0 Å². The third-order valence-electron chi connectivity index (χ3n) is 4.18. The van der Waals surface area contributed by atoms with Crippen LogP contribution in [0.5, 0.6) is 11.5 Å². The molecule has 150 valence electrons. The maximum atomic E-state index is 12.7. The Balaban J connectivity index is 1.97. The summed E-state index contributed by atoms with van der Waals surface area (Å²) in [6.45, 7) is 2.75. The molecule has 0 atom stereocenters. The van der Waals surface area contributed by atoms with Crippen LogP contribution in [0.2, 0.25) is 0 Å². The Morgan fingerprint density at radius 3 is 2.29 bits per heavy atom. The van der Waals surface area contributed by atoms with Crippen LogP contribution in [0.15, 0.2) is 54.6 Å². The zero-order valence-corrected chi connectivity index (χ0v) is 16.4. The predicted octanol–water partition coefficient (Wildman–Crippen LogP) is 3.10. The van der Waals surface area contributed by atoms with Gasteiger partial charge in [0.2, 0.25) is 0 Å². The number of carbonyl (C=O) groups is 2. The predicted molar refractivity (Wildman–Crippen MR) is 106 cm³/mol. The van der Waals surface area contributed by atoms with Gasteiger partial charge in [-0.15, -0.1) is 0 Å². The van der Waals surface area contributed by atoms with E-state index in [9.17, 15) is 9.59 Å². The van der Waals surface area contributed by atoms with Crippen LogP contribution in [-0.2, 0) is 20.7 Å². The molecule has 0 aliphatic carbocycles. The van der Waals surface area contributed by atoms with Gasteiger partial charge in [0, 0.05) is 13.1 Å². The summed E-state index contributed by atoms with van der Waals surface area (Å²) >= 11 is 0. The zero-order valence-electron chi connectivity index (χ0n) is 16.4. The van der Waals surface area contributed by atoms with Gasteiger partial charge in [-0.25, -0.2) is 0 Å². The number of carbonyl (C=O) groups excluding carboxylic acids is 2. The van der Waals surface area contributed by atoms with E-state index in [0.717, 1.165) is 5.56 Å². The lowest BCUT2D eigenvalue weighted by Crippen LogP contribution is -2.38. The van der Waals surface area contributed by atoms with Gasteiger partial charge in [-0.1, -0.05) is 42.5 Å². The molecule has 0 N–H and O–H groups in total. The van der Waals surface area contributed by atoms with Gasteiger partial charge in [0.25, 0.3) is 5.91 Å². The molecule has 6 heteroatoms. The number of esters is 1. The number of ether oxygens (including phenoxy) is 3. The third-order valence-corrected chi connectivity index (χ3v) is 4.18. The first kappa shape index (κ1) is 21.3. The minimum absolute atomic E-state index is 0.127. The molecule has 0 aromatic heterocycles. The van der Waals surface area contributed by atoms with Gasteiger partial charge in [-0.2, -0.15) is 0 Å². The average molecular weight is 385 g/mol. The van der Waals surface area contributed by atoms with Crippen molar-refractivity contribution in [1.82, 2.24) is 4.90 Å². The van der Waals surface area contributed by atoms with Crippen LogP contribution >= 0.6 is 0 Å². The highest BCUT2D eigenvalue weighted by atomic mass is 16.5. The van der Waals surface area contributed by atoms with Crippen molar-refractivity contribution < 1.29 is 23.8 Å². The van der Waals surface area contributed by atoms with E-state index in [2.05, 4.69) is 0 Å². The van der Waals surface area contributed by atoms with E-state index < -0.39 is 0 Å². The molecule has 0 bridgehead atoms. The smallest absolute Gasteiger partial charge is 0.307 e. The fourth-order valence-corrected chi connectivity index (χ4v) is 2.70. The van der Waals surface area contributed by atoms with E-state index in [-0.39, 0.29) is 24.9 Å². The molecular weight excluding hydrogens is 358 g/mol. The average Bonchev–Trinajstić information content (AvgIpc) is 2.73. The molecule has 0 unspecified atom stereocenters. The van der Waals surface area contributed by atoms with Gasteiger partial charge in [-0.05, 0) is 31.0 Å². The molecular formula is C22H27NO5. The van der Waals surface area contributed by atoms with Gasteiger partial charge in [0.1, 0.15) is 0 Å². The maximum Gasteiger partial charge on any atom is 0.307 e. The van der Waals surface area contributed by atoms with E-state index in [1.54, 1.807) is 31.1 Å². The van der Waals surface area contributed by atoms with Gasteiger partial charge in [0.15, 0.2) is 18.1 Å². The van der Waals surface area contributed by atoms with Crippen LogP contribution in [0.25, 0.3) is 0 Å². The molecule has 0 heterocycles. The molecule has 0 fully saturated rings. The van der Waals surface area contributed by atoms with Gasteiger partial charge >= 0.3 is 5.97 Å². The Kier molecular flexibility index (Phi) is 8.85. The van der Waals surface area contributed by atoms with Gasteiger partial charge in [-0.3, -0.25) is 9.59 Å². The van der Waals surface area contributed by atoms with Crippen molar-refractivity contribution in [3.8, 4) is 11.5 Å². The minimum atomic E-state index is -0.314. The van der Waals surface area contributed by atoms with Crippen molar-refractivity contribution >= 4 is 11.9 Å². The van der Waals surface area contributed by atoms with Crippen LogP contribution in [0, 0.1) is 0 Å². The highest BCUT2D eigenvalue weighted by Gasteiger charge is 2.17. The molecule has 28 heavy (non-hydrogen) atoms. The third kappa shape index (κ3) is 6.95. The highest BCUT2D eigenvalue weighted by Crippen LogP contribution is 2.25. The SMILES string of the molecule is CCOC(=O)CCN(CCc1ccccc1)C(=O)COc1ccccc1OC. The van der Waals surface area contributed by atoms with Crippen molar-refractivity contribution in [3.63, 3.8) is 0 Å². The molecule has 0 radical (unpaired) electrons. The zero-order chi connectivity index (χ0) is 20.2. The summed E-state index contributed by atoms with van der Waals surface area (Å²) in [5.41, 5.74) is 1.13. The number of methoxy groups -OCH3 is 1. The quantitative estimate of drug-likeness (QED) is 0.556. The molecule has 0 aliphatic heterocycles. The van der Waals surface area contributed by atoms with E-state index in [1.807, 2.05) is 42.5 Å². The Bertz CT molecular complexity index is 748. The minimum Gasteiger partial charge on any atom is -0.493 e. The number of nitrogens with zero attached hydrogens (tertiary/aromatic N) is 1. The van der Waals surface area contributed by atoms with Crippen LogP contribution in [-0.4, -0.2) is 50.2 Å². The number of rotatable bonds is 11. The van der Waals surface area contributed by atoms with Crippen molar-refractivity contribution in [2.75, 3.05) is 33.4 Å². The topological polar surface area (TPSA) is 65.1 Å². The molecule has 6 nitrogen and oxygen atoms in total. The summed E-state index contributed by atoms with van der Waals surface area (Å²) in [6.07, 6.45) is 0.854. The van der Waals surface area contributed by atoms with Gasteiger partial charge in [0.05, 0.1) is 20.1 Å². The van der Waals surface area contributed by atoms with Crippen molar-refractivity contribution in [3.05, 3.63) is 60.2 Å². The maximum absolute atomic E-state index is 12.7. The van der Waals surface area contributed by atoms with Crippen molar-refractivity contribution in [2.45, 2.75) is 19.8 Å². The Morgan fingerprint density at radius 1 is 0.929 bits per heavy atom. The Labute approximate surface area is 166 Å². The van der Waals surface area contributed by atoms with E-state index in [4.69, 9.17) is 14.2 Å². The first-order valence-electron chi connectivity index (χ1n) is 9.37. The second kappa shape index (κ2) is 11.6. The van der Waals surface area contributed by atoms with E-state index in [1.165, 1.54) is 0 Å². The van der Waals surface area contributed by atoms with Gasteiger partial charge < -0.3 is 19.1 Å². The number of para-hydroxylation sites is 2. The second-order valence-corrected chi connectivity index (χ2v) is 6.11. The molecule has 0 saturated heterocycles. The number of hydrogen-bond donors (Lipinski definition) is 0. The number of hydrogen-bond acceptors (Lipinski definition) is 5. The first-order valence-corrected chi connectivity index (χ1v) is 9.37. The highest BCUT2D eigenvalue weighted by molar-refractivity contribution is 5.78. The van der Waals surface area contributed by atoms with Crippen LogP contribution in [0.3, 0.4) is 0 Å². The van der Waals surface area contributed by atoms with Crippen LogP contribution in [0.1, 0.15) is 18.9 Å². The van der Waals surface area contributed by atoms with Crippen LogP contribution < -0.4 is 9.47 Å². The summed E-state index contributed by atoms with van der Waals surface area (Å²) in [7, 11) is 1.55. The number of benzene rings is 2. The lowest BCUT2D eigenvalue weighted by Gasteiger charge is -2.23. The largest absolute Gasteiger partial charge is 0.493 e. The molecule has 2 aromatic carbocycles. The summed E-state index contributed by atoms with van der Waals surface area (Å²) in [6, 6.07) is 17.1. The van der Waals surface area contributed by atoms with E-state index >= 15 is 0 Å². The normalized spacial score (nSPS) is 10.2. The summed E-state index contributed by atoms with van der Waals surface area (Å²) in [5, 5.41) is 0. The molecule has 0 spiro atoms. The molecule has 0 saturated carbocycles. The fraction of sp³-hybridized carbons (Fsp3) is 0.364. The monoisotopic (exact) mass is 385 g/mol. The van der Waals surface area contributed by atoms with Crippen molar-refractivity contribution in [2.24, 2.45) is 0 Å². The van der Waals surface area contributed by atoms with E-state index in [0.29, 0.717) is 37.6 Å². The molecule has 2 rings (SSSR count). The first-order chi connectivity index (χ1) is 13.6. The lowest BCUT2D eigenvalue weighted by molar-refractivity contribution is -0.144. The lowest BCUT2D eigenvalue weighted by atomic mass is 10.1. The number of amides is 1. The molecule has 1 amide bonds. The van der Waals surface area contributed by atoms with Crippen molar-refractivity contribution in [1.29, 1.82) is 0 Å². The molecule has 0 aliphatic rings.